The molecule has 1 N–H and O–H groups in total. The maximum Gasteiger partial charge on any atom is 0.416 e. The lowest BCUT2D eigenvalue weighted by Crippen LogP contribution is -2.41. The fraction of sp³-hybridized carbons (Fsp3) is 0.444. The number of nitrogens with zero attached hydrogens (tertiary/aromatic N) is 3. The summed E-state index contributed by atoms with van der Waals surface area (Å²) in [5.74, 6) is 0.992. The van der Waals surface area contributed by atoms with Gasteiger partial charge in [0.05, 0.1) is 11.8 Å². The third-order valence-corrected chi connectivity index (χ3v) is 8.79. The molecular formula is C27H31F3N4O3S. The van der Waals surface area contributed by atoms with Crippen molar-refractivity contribution in [2.24, 2.45) is 13.0 Å². The molecule has 2 atom stereocenters. The number of benzene rings is 2. The number of alkyl halides is 3. The van der Waals surface area contributed by atoms with Crippen molar-refractivity contribution < 1.29 is 26.3 Å². The number of aromatic nitrogens is 2. The van der Waals surface area contributed by atoms with Gasteiger partial charge >= 0.3 is 6.18 Å². The second kappa shape index (κ2) is 10.7. The molecule has 2 unspecified atom stereocenters. The average molecular weight is 549 g/mol. The number of fused-ring (bicyclic) bond motifs is 1. The van der Waals surface area contributed by atoms with Crippen LogP contribution in [0.1, 0.15) is 34.6 Å². The van der Waals surface area contributed by atoms with Crippen LogP contribution in [-0.4, -0.2) is 55.9 Å². The zero-order valence-corrected chi connectivity index (χ0v) is 21.9. The number of likely N-dealkylation sites (tertiary alicyclic amines) is 1. The van der Waals surface area contributed by atoms with Gasteiger partial charge in [-0.05, 0) is 79.1 Å². The highest BCUT2D eigenvalue weighted by atomic mass is 32.2. The van der Waals surface area contributed by atoms with E-state index in [1.54, 1.807) is 13.1 Å². The lowest BCUT2D eigenvalue weighted by Gasteiger charge is -2.35. The van der Waals surface area contributed by atoms with E-state index < -0.39 is 21.8 Å². The Kier molecular flexibility index (Phi) is 7.52. The van der Waals surface area contributed by atoms with Crippen molar-refractivity contribution in [1.82, 2.24) is 19.4 Å². The van der Waals surface area contributed by atoms with Gasteiger partial charge in [-0.3, -0.25) is 4.68 Å². The van der Waals surface area contributed by atoms with Gasteiger partial charge in [-0.15, -0.1) is 0 Å². The Labute approximate surface area is 220 Å². The minimum absolute atomic E-state index is 0.0710. The molecule has 0 bridgehead atoms. The van der Waals surface area contributed by atoms with E-state index in [0.29, 0.717) is 23.7 Å². The topological polar surface area (TPSA) is 76.5 Å². The maximum atomic E-state index is 13.3. The highest BCUT2D eigenvalue weighted by molar-refractivity contribution is 7.89. The third-order valence-electron chi connectivity index (χ3n) is 7.37. The van der Waals surface area contributed by atoms with Crippen LogP contribution in [-0.2, 0) is 36.1 Å². The number of rotatable bonds is 10. The Morgan fingerprint density at radius 1 is 1.16 bits per heavy atom. The number of ether oxygens (including phenoxy) is 1. The summed E-state index contributed by atoms with van der Waals surface area (Å²) < 4.78 is 74.5. The fourth-order valence-electron chi connectivity index (χ4n) is 5.33. The van der Waals surface area contributed by atoms with Crippen LogP contribution in [0.5, 0.6) is 5.75 Å². The van der Waals surface area contributed by atoms with Gasteiger partial charge in [-0.1, -0.05) is 24.3 Å². The van der Waals surface area contributed by atoms with E-state index in [2.05, 4.69) is 14.7 Å². The summed E-state index contributed by atoms with van der Waals surface area (Å²) in [6.07, 6.45) is 0.904. The van der Waals surface area contributed by atoms with Gasteiger partial charge in [0, 0.05) is 26.3 Å². The van der Waals surface area contributed by atoms with Gasteiger partial charge in [0.25, 0.3) is 0 Å². The van der Waals surface area contributed by atoms with Crippen molar-refractivity contribution in [2.45, 2.75) is 36.3 Å². The molecule has 2 aliphatic rings. The predicted octanol–water partition coefficient (Wildman–Crippen LogP) is 4.00. The normalized spacial score (nSPS) is 19.8. The molecule has 11 heteroatoms. The van der Waals surface area contributed by atoms with Crippen molar-refractivity contribution in [1.29, 1.82) is 0 Å². The number of nitrogens with one attached hydrogen (secondary N) is 1. The summed E-state index contributed by atoms with van der Waals surface area (Å²) in [5, 5.41) is 3.89. The fourth-order valence-corrected chi connectivity index (χ4v) is 6.33. The van der Waals surface area contributed by atoms with Crippen LogP contribution in [0, 0.1) is 5.92 Å². The van der Waals surface area contributed by atoms with E-state index >= 15 is 0 Å². The predicted molar refractivity (Wildman–Crippen MR) is 136 cm³/mol. The lowest BCUT2D eigenvalue weighted by molar-refractivity contribution is -0.137. The Morgan fingerprint density at radius 3 is 2.66 bits per heavy atom. The van der Waals surface area contributed by atoms with Crippen molar-refractivity contribution in [3.05, 3.63) is 77.1 Å². The number of sulfonamides is 1. The monoisotopic (exact) mass is 548 g/mol. The Balaban J connectivity index is 1.28. The van der Waals surface area contributed by atoms with Gasteiger partial charge in [0.15, 0.2) is 0 Å². The number of halogens is 3. The number of hydrogen-bond donors (Lipinski definition) is 1. The third kappa shape index (κ3) is 6.05. The van der Waals surface area contributed by atoms with E-state index in [1.807, 2.05) is 18.2 Å². The molecule has 7 nitrogen and oxygen atoms in total. The number of hydrogen-bond acceptors (Lipinski definition) is 5. The number of aryl methyl sites for hydroxylation is 1. The summed E-state index contributed by atoms with van der Waals surface area (Å²) in [6, 6.07) is 11.5. The summed E-state index contributed by atoms with van der Waals surface area (Å²) in [6.45, 7) is 3.26. The van der Waals surface area contributed by atoms with E-state index in [0.717, 1.165) is 37.7 Å². The first-order valence-electron chi connectivity index (χ1n) is 12.7. The van der Waals surface area contributed by atoms with Crippen LogP contribution in [0.25, 0.3) is 0 Å². The highest BCUT2D eigenvalue weighted by Gasteiger charge is 2.36. The summed E-state index contributed by atoms with van der Waals surface area (Å²) in [4.78, 5) is 2.49. The summed E-state index contributed by atoms with van der Waals surface area (Å²) >= 11 is 0. The van der Waals surface area contributed by atoms with Gasteiger partial charge < -0.3 is 9.64 Å². The quantitative estimate of drug-likeness (QED) is 0.388. The molecule has 3 aromatic rings. The molecule has 0 saturated carbocycles. The van der Waals surface area contributed by atoms with Crippen molar-refractivity contribution in [3.63, 3.8) is 0 Å². The van der Waals surface area contributed by atoms with Gasteiger partial charge in [0.2, 0.25) is 10.0 Å². The lowest BCUT2D eigenvalue weighted by atomic mass is 9.85. The van der Waals surface area contributed by atoms with Crippen LogP contribution >= 0.6 is 0 Å². The molecule has 1 aromatic heterocycles. The molecule has 2 aromatic carbocycles. The van der Waals surface area contributed by atoms with E-state index in [4.69, 9.17) is 4.74 Å². The molecule has 0 spiro atoms. The molecule has 0 radical (unpaired) electrons. The van der Waals surface area contributed by atoms with Gasteiger partial charge in [-0.2, -0.15) is 18.3 Å². The van der Waals surface area contributed by atoms with E-state index in [-0.39, 0.29) is 24.0 Å². The first-order chi connectivity index (χ1) is 18.1. The SMILES string of the molecule is Cn1cc(S(=O)(=O)NCCOc2ccc3c(c2)C(Cc2cccc(C(F)(F)F)c2)C(CN2CCC2)C3)cn1. The second-order valence-electron chi connectivity index (χ2n) is 10.1. The molecule has 5 rings (SSSR count). The van der Waals surface area contributed by atoms with E-state index in [1.165, 1.54) is 41.2 Å². The van der Waals surface area contributed by atoms with Gasteiger partial charge in [0.1, 0.15) is 17.3 Å². The first-order valence-corrected chi connectivity index (χ1v) is 14.2. The molecule has 1 fully saturated rings. The zero-order chi connectivity index (χ0) is 26.9. The second-order valence-corrected chi connectivity index (χ2v) is 11.9. The minimum Gasteiger partial charge on any atom is -0.492 e. The van der Waals surface area contributed by atoms with Crippen LogP contribution in [0.15, 0.2) is 59.8 Å². The van der Waals surface area contributed by atoms with Crippen LogP contribution < -0.4 is 9.46 Å². The zero-order valence-electron chi connectivity index (χ0n) is 21.1. The Hall–Kier alpha value is -2.89. The molecule has 1 saturated heterocycles. The minimum atomic E-state index is -4.37. The highest BCUT2D eigenvalue weighted by Crippen LogP contribution is 2.43. The Morgan fingerprint density at radius 2 is 1.97 bits per heavy atom. The first kappa shape index (κ1) is 26.7. The van der Waals surface area contributed by atoms with Crippen molar-refractivity contribution in [2.75, 3.05) is 32.8 Å². The standard InChI is InChI=1S/C27H31F3N4O3S/c1-33-18-24(16-31-33)38(35,36)32-8-11-37-23-7-6-20-14-21(17-34-9-3-10-34)25(26(20)15-23)13-19-4-2-5-22(12-19)27(28,29)30/h2,4-7,12,15-16,18,21,25,32H,3,8-11,13-14,17H2,1H3. The van der Waals surface area contributed by atoms with Crippen molar-refractivity contribution in [3.8, 4) is 5.75 Å². The van der Waals surface area contributed by atoms with Crippen LogP contribution in [0.2, 0.25) is 0 Å². The smallest absolute Gasteiger partial charge is 0.416 e. The van der Waals surface area contributed by atoms with E-state index in [9.17, 15) is 21.6 Å². The van der Waals surface area contributed by atoms with Crippen LogP contribution in [0.4, 0.5) is 13.2 Å². The van der Waals surface area contributed by atoms with Crippen molar-refractivity contribution >= 4 is 10.0 Å². The molecule has 204 valence electrons. The molecule has 0 amide bonds. The maximum absolute atomic E-state index is 13.3. The van der Waals surface area contributed by atoms with Gasteiger partial charge in [-0.25, -0.2) is 13.1 Å². The molecular weight excluding hydrogens is 517 g/mol. The Bertz CT molecular complexity index is 1390. The average Bonchev–Trinajstić information content (AvgIpc) is 3.43. The molecule has 2 heterocycles. The summed E-state index contributed by atoms with van der Waals surface area (Å²) in [5.41, 5.74) is 2.33. The largest absolute Gasteiger partial charge is 0.492 e. The van der Waals surface area contributed by atoms with Crippen LogP contribution in [0.3, 0.4) is 0 Å². The molecule has 1 aliphatic carbocycles. The summed E-state index contributed by atoms with van der Waals surface area (Å²) in [7, 11) is -2.03. The molecule has 1 aliphatic heterocycles. The molecule has 38 heavy (non-hydrogen) atoms.